The summed E-state index contributed by atoms with van der Waals surface area (Å²) in [5.41, 5.74) is 6.73. The predicted octanol–water partition coefficient (Wildman–Crippen LogP) is 5.27. The van der Waals surface area contributed by atoms with Crippen LogP contribution in [0.5, 0.6) is 5.75 Å². The minimum absolute atomic E-state index is 0.0372. The molecule has 2 aromatic carbocycles. The number of amides is 2. The highest BCUT2D eigenvalue weighted by molar-refractivity contribution is 5.83. The summed E-state index contributed by atoms with van der Waals surface area (Å²) >= 11 is 0. The van der Waals surface area contributed by atoms with E-state index in [-0.39, 0.29) is 31.1 Å². The molecule has 38 heavy (non-hydrogen) atoms. The fourth-order valence-electron chi connectivity index (χ4n) is 5.37. The number of aryl methyl sites for hydroxylation is 2. The number of carbonyl (C=O) groups excluding carboxylic acids is 2. The van der Waals surface area contributed by atoms with Gasteiger partial charge in [0.25, 0.3) is 0 Å². The number of hydrogen-bond donors (Lipinski definition) is 2. The predicted molar refractivity (Wildman–Crippen MR) is 143 cm³/mol. The zero-order chi connectivity index (χ0) is 26.4. The third kappa shape index (κ3) is 6.18. The van der Waals surface area contributed by atoms with Crippen LogP contribution in [0.15, 0.2) is 58.0 Å². The molecule has 0 atom stereocenters. The highest BCUT2D eigenvalue weighted by Gasteiger charge is 2.37. The Morgan fingerprint density at radius 2 is 1.87 bits per heavy atom. The van der Waals surface area contributed by atoms with Crippen LogP contribution < -0.4 is 21.0 Å². The maximum Gasteiger partial charge on any atom is 0.407 e. The molecule has 2 amide bonds. The second-order valence-electron chi connectivity index (χ2n) is 10.2. The van der Waals surface area contributed by atoms with Gasteiger partial charge in [-0.3, -0.25) is 4.79 Å². The number of alkyl carbamates (subject to hydrolysis) is 1. The number of nitrogens with zero attached hydrogens (tertiary/aromatic N) is 1. The van der Waals surface area contributed by atoms with Gasteiger partial charge in [0.2, 0.25) is 11.5 Å². The minimum Gasteiger partial charge on any atom is -0.487 e. The first-order chi connectivity index (χ1) is 18.5. The van der Waals surface area contributed by atoms with Crippen molar-refractivity contribution < 1.29 is 23.5 Å². The zero-order valence-corrected chi connectivity index (χ0v) is 21.9. The summed E-state index contributed by atoms with van der Waals surface area (Å²) < 4.78 is 17.8. The van der Waals surface area contributed by atoms with Gasteiger partial charge < -0.3 is 19.2 Å². The molecule has 8 nitrogen and oxygen atoms in total. The third-order valence-corrected chi connectivity index (χ3v) is 7.47. The lowest BCUT2D eigenvalue weighted by Crippen LogP contribution is -2.41. The summed E-state index contributed by atoms with van der Waals surface area (Å²) in [6.07, 6.45) is 8.34. The molecule has 0 saturated heterocycles. The molecular weight excluding hydrogens is 482 g/mol. The van der Waals surface area contributed by atoms with Gasteiger partial charge in [0.15, 0.2) is 0 Å². The Kier molecular flexibility index (Phi) is 7.96. The molecule has 1 aliphatic carbocycles. The van der Waals surface area contributed by atoms with E-state index in [0.29, 0.717) is 11.1 Å². The van der Waals surface area contributed by atoms with Crippen molar-refractivity contribution in [3.63, 3.8) is 0 Å². The molecule has 1 aliphatic heterocycles. The Morgan fingerprint density at radius 3 is 2.66 bits per heavy atom. The molecule has 8 heteroatoms. The van der Waals surface area contributed by atoms with Gasteiger partial charge in [-0.05, 0) is 67.7 Å². The average molecular weight is 518 g/mol. The Bertz CT molecular complexity index is 1360. The normalized spacial score (nSPS) is 16.5. The van der Waals surface area contributed by atoms with Crippen molar-refractivity contribution in [1.29, 1.82) is 0 Å². The van der Waals surface area contributed by atoms with Gasteiger partial charge in [-0.1, -0.05) is 43.7 Å². The molecule has 0 radical (unpaired) electrons. The van der Waals surface area contributed by atoms with Gasteiger partial charge in [-0.2, -0.15) is 0 Å². The van der Waals surface area contributed by atoms with Gasteiger partial charge in [-0.15, -0.1) is 5.10 Å². The minimum atomic E-state index is -0.573. The molecule has 2 heterocycles. The summed E-state index contributed by atoms with van der Waals surface area (Å²) in [4.78, 5) is 24.2. The number of rotatable bonds is 7. The first kappa shape index (κ1) is 25.8. The van der Waals surface area contributed by atoms with Gasteiger partial charge in [0.05, 0.1) is 0 Å². The lowest BCUT2D eigenvalue weighted by Gasteiger charge is -2.41. The smallest absolute Gasteiger partial charge is 0.407 e. The quantitative estimate of drug-likeness (QED) is 0.416. The van der Waals surface area contributed by atoms with E-state index in [1.54, 1.807) is 0 Å². The molecule has 1 saturated carbocycles. The molecule has 1 spiro atoms. The molecule has 1 aromatic heterocycles. The van der Waals surface area contributed by atoms with E-state index >= 15 is 0 Å². The lowest BCUT2D eigenvalue weighted by molar-refractivity contribution is -0.121. The zero-order valence-electron chi connectivity index (χ0n) is 21.9. The Morgan fingerprint density at radius 1 is 1.05 bits per heavy atom. The van der Waals surface area contributed by atoms with E-state index in [0.717, 1.165) is 54.4 Å². The summed E-state index contributed by atoms with van der Waals surface area (Å²) in [6, 6.07) is 15.4. The molecular formula is C30H35N3O5. The molecule has 2 aliphatic rings. The fraction of sp³-hybridized carbons (Fsp3) is 0.433. The Labute approximate surface area is 222 Å². The average Bonchev–Trinajstić information content (AvgIpc) is 2.94. The number of ether oxygens (including phenoxy) is 2. The maximum absolute atomic E-state index is 12.3. The largest absolute Gasteiger partial charge is 0.487 e. The number of fused-ring (bicyclic) bond motifs is 2. The second-order valence-corrected chi connectivity index (χ2v) is 10.2. The van der Waals surface area contributed by atoms with E-state index in [2.05, 4.69) is 28.8 Å². The Balaban J connectivity index is 1.20. The topological polar surface area (TPSA) is 102 Å². The van der Waals surface area contributed by atoms with Gasteiger partial charge in [-0.25, -0.2) is 10.2 Å². The highest BCUT2D eigenvalue weighted by Crippen LogP contribution is 2.43. The first-order valence-corrected chi connectivity index (χ1v) is 13.6. The second kappa shape index (κ2) is 11.7. The highest BCUT2D eigenvalue weighted by atomic mass is 16.5. The van der Waals surface area contributed by atoms with E-state index < -0.39 is 6.09 Å². The van der Waals surface area contributed by atoms with Crippen LogP contribution in [0.4, 0.5) is 4.79 Å². The summed E-state index contributed by atoms with van der Waals surface area (Å²) in [6.45, 7) is 2.40. The van der Waals surface area contributed by atoms with Crippen LogP contribution >= 0.6 is 0 Å². The van der Waals surface area contributed by atoms with Crippen LogP contribution in [0, 0.1) is 0 Å². The number of nitrogens with one attached hydrogen (secondary N) is 2. The van der Waals surface area contributed by atoms with Crippen molar-refractivity contribution in [1.82, 2.24) is 10.7 Å². The van der Waals surface area contributed by atoms with Gasteiger partial charge in [0, 0.05) is 30.5 Å². The van der Waals surface area contributed by atoms with Crippen LogP contribution in [0.3, 0.4) is 0 Å². The van der Waals surface area contributed by atoms with Crippen LogP contribution in [0.1, 0.15) is 68.6 Å². The first-order valence-electron chi connectivity index (χ1n) is 13.6. The number of benzene rings is 2. The standard InChI is InChI=1S/C30H35N3O5/c1-2-22-18-28(33-32-27(34)12-16-31-29(35)36-20-21-9-5-3-6-10-21)37-26-19-25-23(17-24(22)26)11-15-30(38-25)13-7-4-8-14-30/h3,5-6,9-10,17-19H,2,4,7-8,11-16,20H2,1H3,(H,31,35)(H,32,34)/b33-28+. The fourth-order valence-corrected chi connectivity index (χ4v) is 5.37. The number of hydrogen-bond acceptors (Lipinski definition) is 6. The van der Waals surface area contributed by atoms with Crippen LogP contribution in [-0.4, -0.2) is 24.1 Å². The van der Waals surface area contributed by atoms with E-state index in [9.17, 15) is 9.59 Å². The number of carbonyl (C=O) groups is 2. The van der Waals surface area contributed by atoms with Crippen LogP contribution in [0.2, 0.25) is 0 Å². The van der Waals surface area contributed by atoms with E-state index in [1.165, 1.54) is 24.8 Å². The molecule has 0 unspecified atom stereocenters. The van der Waals surface area contributed by atoms with E-state index in [1.807, 2.05) is 42.5 Å². The van der Waals surface area contributed by atoms with Crippen LogP contribution in [0.25, 0.3) is 11.0 Å². The summed E-state index contributed by atoms with van der Waals surface area (Å²) in [7, 11) is 0. The van der Waals surface area contributed by atoms with Gasteiger partial charge in [0.1, 0.15) is 23.5 Å². The molecule has 2 N–H and O–H groups in total. The monoisotopic (exact) mass is 517 g/mol. The van der Waals surface area contributed by atoms with Crippen molar-refractivity contribution in [3.05, 3.63) is 70.8 Å². The summed E-state index contributed by atoms with van der Waals surface area (Å²) in [5.74, 6) is 0.567. The van der Waals surface area contributed by atoms with Crippen molar-refractivity contribution in [2.75, 3.05) is 6.54 Å². The molecule has 5 rings (SSSR count). The summed E-state index contributed by atoms with van der Waals surface area (Å²) in [5, 5.41) is 7.81. The van der Waals surface area contributed by atoms with E-state index in [4.69, 9.17) is 13.9 Å². The van der Waals surface area contributed by atoms with Gasteiger partial charge >= 0.3 is 6.09 Å². The van der Waals surface area contributed by atoms with Crippen molar-refractivity contribution >= 4 is 23.0 Å². The SMILES string of the molecule is CCc1c/c(=N\NC(=O)CCNC(=O)OCc2ccccc2)oc2cc3c(cc12)CCC1(CCCCC1)O3. The third-order valence-electron chi connectivity index (χ3n) is 7.47. The Hall–Kier alpha value is -3.81. The maximum atomic E-state index is 12.3. The van der Waals surface area contributed by atoms with Crippen molar-refractivity contribution in [2.45, 2.75) is 76.9 Å². The lowest BCUT2D eigenvalue weighted by atomic mass is 9.79. The molecule has 200 valence electrons. The van der Waals surface area contributed by atoms with Crippen molar-refractivity contribution in [2.24, 2.45) is 5.10 Å². The van der Waals surface area contributed by atoms with Crippen LogP contribution in [-0.2, 0) is 29.0 Å². The molecule has 0 bridgehead atoms. The molecule has 3 aromatic rings. The van der Waals surface area contributed by atoms with Crippen molar-refractivity contribution in [3.8, 4) is 5.75 Å². The molecule has 1 fully saturated rings.